The van der Waals surface area contributed by atoms with Crippen LogP contribution in [0, 0.1) is 19.8 Å². The number of nitrogens with zero attached hydrogens (tertiary/aromatic N) is 1. The Morgan fingerprint density at radius 1 is 1.43 bits per heavy atom. The highest BCUT2D eigenvalue weighted by Gasteiger charge is 2.02. The van der Waals surface area contributed by atoms with Gasteiger partial charge in [-0.1, -0.05) is 32.1 Å². The monoisotopic (exact) mass is 191 g/mol. The third kappa shape index (κ3) is 2.59. The van der Waals surface area contributed by atoms with E-state index in [1.54, 1.807) is 0 Å². The normalized spacial score (nSPS) is 11.5. The second-order valence-electron chi connectivity index (χ2n) is 3.74. The molecular weight excluding hydrogens is 174 g/mol. The predicted octanol–water partition coefficient (Wildman–Crippen LogP) is 3.52. The van der Waals surface area contributed by atoms with Crippen LogP contribution < -0.4 is 0 Å². The minimum Gasteiger partial charge on any atom is -0.446 e. The van der Waals surface area contributed by atoms with Gasteiger partial charge in [0.25, 0.3) is 0 Å². The van der Waals surface area contributed by atoms with Gasteiger partial charge in [0, 0.05) is 6.92 Å². The van der Waals surface area contributed by atoms with Crippen LogP contribution in [0.5, 0.6) is 0 Å². The highest BCUT2D eigenvalue weighted by Crippen LogP contribution is 2.14. The van der Waals surface area contributed by atoms with Crippen LogP contribution in [0.1, 0.15) is 31.2 Å². The molecule has 0 radical (unpaired) electrons. The van der Waals surface area contributed by atoms with E-state index >= 15 is 0 Å². The molecule has 0 saturated carbocycles. The SMILES string of the molecule is C=C(/C=C\c1nc(C)oc1C)C(C)C. The summed E-state index contributed by atoms with van der Waals surface area (Å²) in [5.41, 5.74) is 1.99. The van der Waals surface area contributed by atoms with Gasteiger partial charge in [-0.05, 0) is 18.9 Å². The quantitative estimate of drug-likeness (QED) is 0.683. The molecule has 0 aromatic carbocycles. The zero-order chi connectivity index (χ0) is 10.7. The van der Waals surface area contributed by atoms with Gasteiger partial charge in [-0.3, -0.25) is 0 Å². The van der Waals surface area contributed by atoms with E-state index in [2.05, 4.69) is 25.4 Å². The Labute approximate surface area is 85.4 Å². The lowest BCUT2D eigenvalue weighted by atomic mass is 10.0. The first-order valence-corrected chi connectivity index (χ1v) is 4.81. The van der Waals surface area contributed by atoms with Crippen molar-refractivity contribution in [2.24, 2.45) is 5.92 Å². The summed E-state index contributed by atoms with van der Waals surface area (Å²) in [6.07, 6.45) is 3.95. The first-order chi connectivity index (χ1) is 6.50. The van der Waals surface area contributed by atoms with E-state index in [1.165, 1.54) is 0 Å². The third-order valence-corrected chi connectivity index (χ3v) is 2.14. The fraction of sp³-hybridized carbons (Fsp3) is 0.417. The Morgan fingerprint density at radius 3 is 2.50 bits per heavy atom. The molecule has 0 fully saturated rings. The van der Waals surface area contributed by atoms with Crippen LogP contribution in [0.15, 0.2) is 22.6 Å². The largest absolute Gasteiger partial charge is 0.446 e. The molecule has 1 aromatic rings. The second-order valence-corrected chi connectivity index (χ2v) is 3.74. The molecule has 0 aliphatic heterocycles. The molecule has 2 nitrogen and oxygen atoms in total. The average molecular weight is 191 g/mol. The maximum Gasteiger partial charge on any atom is 0.191 e. The van der Waals surface area contributed by atoms with Gasteiger partial charge in [0.05, 0.1) is 0 Å². The summed E-state index contributed by atoms with van der Waals surface area (Å²) in [4.78, 5) is 4.25. The molecule has 0 spiro atoms. The fourth-order valence-electron chi connectivity index (χ4n) is 1.08. The molecule has 0 unspecified atom stereocenters. The first kappa shape index (κ1) is 10.8. The molecule has 0 N–H and O–H groups in total. The summed E-state index contributed by atoms with van der Waals surface area (Å²) in [6.45, 7) is 12.0. The molecule has 1 rings (SSSR count). The molecule has 0 amide bonds. The number of rotatable bonds is 3. The Bertz CT molecular complexity index is 358. The van der Waals surface area contributed by atoms with Crippen LogP contribution in [0.3, 0.4) is 0 Å². The summed E-state index contributed by atoms with van der Waals surface area (Å²) >= 11 is 0. The van der Waals surface area contributed by atoms with Gasteiger partial charge in [0.2, 0.25) is 0 Å². The number of aromatic nitrogens is 1. The lowest BCUT2D eigenvalue weighted by molar-refractivity contribution is 0.494. The fourth-order valence-corrected chi connectivity index (χ4v) is 1.08. The summed E-state index contributed by atoms with van der Waals surface area (Å²) in [7, 11) is 0. The maximum atomic E-state index is 5.32. The molecule has 0 aliphatic carbocycles. The predicted molar refractivity (Wildman–Crippen MR) is 59.0 cm³/mol. The number of aryl methyl sites for hydroxylation is 2. The summed E-state index contributed by atoms with van der Waals surface area (Å²) in [6, 6.07) is 0. The van der Waals surface area contributed by atoms with E-state index in [0.717, 1.165) is 17.0 Å². The highest BCUT2D eigenvalue weighted by atomic mass is 16.4. The van der Waals surface area contributed by atoms with Crippen molar-refractivity contribution >= 4 is 6.08 Å². The zero-order valence-electron chi connectivity index (χ0n) is 9.29. The Kier molecular flexibility index (Phi) is 3.28. The van der Waals surface area contributed by atoms with Crippen LogP contribution in [-0.4, -0.2) is 4.98 Å². The van der Waals surface area contributed by atoms with Crippen molar-refractivity contribution in [3.63, 3.8) is 0 Å². The molecule has 0 bridgehead atoms. The lowest BCUT2D eigenvalue weighted by Gasteiger charge is -2.01. The van der Waals surface area contributed by atoms with Crippen molar-refractivity contribution in [3.8, 4) is 0 Å². The molecule has 0 aliphatic rings. The molecule has 0 saturated heterocycles. The van der Waals surface area contributed by atoms with Crippen LogP contribution in [-0.2, 0) is 0 Å². The van der Waals surface area contributed by atoms with Crippen LogP contribution in [0.2, 0.25) is 0 Å². The summed E-state index contributed by atoms with van der Waals surface area (Å²) < 4.78 is 5.32. The Hall–Kier alpha value is -1.31. The van der Waals surface area contributed by atoms with Gasteiger partial charge < -0.3 is 4.42 Å². The van der Waals surface area contributed by atoms with E-state index in [4.69, 9.17) is 4.42 Å². The van der Waals surface area contributed by atoms with Crippen molar-refractivity contribution < 1.29 is 4.42 Å². The molecule has 2 heteroatoms. The number of hydrogen-bond acceptors (Lipinski definition) is 2. The third-order valence-electron chi connectivity index (χ3n) is 2.14. The van der Waals surface area contributed by atoms with E-state index < -0.39 is 0 Å². The Balaban J connectivity index is 2.78. The van der Waals surface area contributed by atoms with Crippen molar-refractivity contribution in [2.75, 3.05) is 0 Å². The van der Waals surface area contributed by atoms with E-state index in [9.17, 15) is 0 Å². The van der Waals surface area contributed by atoms with E-state index in [0.29, 0.717) is 11.8 Å². The minimum absolute atomic E-state index is 0.472. The van der Waals surface area contributed by atoms with E-state index in [1.807, 2.05) is 26.0 Å². The zero-order valence-corrected chi connectivity index (χ0v) is 9.29. The van der Waals surface area contributed by atoms with Crippen LogP contribution in [0.4, 0.5) is 0 Å². The number of allylic oxidation sites excluding steroid dienone is 2. The van der Waals surface area contributed by atoms with Gasteiger partial charge in [0.15, 0.2) is 5.89 Å². The topological polar surface area (TPSA) is 26.0 Å². The van der Waals surface area contributed by atoms with E-state index in [-0.39, 0.29) is 0 Å². The van der Waals surface area contributed by atoms with Crippen LogP contribution >= 0.6 is 0 Å². The molecule has 1 aromatic heterocycles. The highest BCUT2D eigenvalue weighted by molar-refractivity contribution is 5.50. The number of hydrogen-bond donors (Lipinski definition) is 0. The average Bonchev–Trinajstić information content (AvgIpc) is 2.40. The smallest absolute Gasteiger partial charge is 0.191 e. The van der Waals surface area contributed by atoms with Crippen molar-refractivity contribution in [2.45, 2.75) is 27.7 Å². The van der Waals surface area contributed by atoms with Gasteiger partial charge >= 0.3 is 0 Å². The first-order valence-electron chi connectivity index (χ1n) is 4.81. The number of oxazole rings is 1. The van der Waals surface area contributed by atoms with Gasteiger partial charge in [-0.25, -0.2) is 4.98 Å². The van der Waals surface area contributed by atoms with Crippen LogP contribution in [0.25, 0.3) is 6.08 Å². The Morgan fingerprint density at radius 2 is 2.07 bits per heavy atom. The maximum absolute atomic E-state index is 5.32. The second kappa shape index (κ2) is 4.27. The summed E-state index contributed by atoms with van der Waals surface area (Å²) in [5.74, 6) is 2.03. The minimum atomic E-state index is 0.472. The molecule has 0 atom stereocenters. The summed E-state index contributed by atoms with van der Waals surface area (Å²) in [5, 5.41) is 0. The molecular formula is C12H17NO. The van der Waals surface area contributed by atoms with Crippen molar-refractivity contribution in [1.29, 1.82) is 0 Å². The lowest BCUT2D eigenvalue weighted by Crippen LogP contribution is -1.87. The standard InChI is InChI=1S/C12H17NO/c1-8(2)9(3)6-7-12-10(4)14-11(5)13-12/h6-8H,3H2,1-2,4-5H3/b7-6-. The van der Waals surface area contributed by atoms with Gasteiger partial charge in [-0.2, -0.15) is 0 Å². The molecule has 14 heavy (non-hydrogen) atoms. The van der Waals surface area contributed by atoms with Crippen molar-refractivity contribution in [1.82, 2.24) is 4.98 Å². The van der Waals surface area contributed by atoms with Gasteiger partial charge in [-0.15, -0.1) is 0 Å². The van der Waals surface area contributed by atoms with Gasteiger partial charge in [0.1, 0.15) is 11.5 Å². The molecule has 76 valence electrons. The molecule has 1 heterocycles. The van der Waals surface area contributed by atoms with Crippen molar-refractivity contribution in [3.05, 3.63) is 35.6 Å².